The second kappa shape index (κ2) is 7.84. The molecule has 0 radical (unpaired) electrons. The van der Waals surface area contributed by atoms with Crippen molar-refractivity contribution < 1.29 is 13.6 Å². The molecule has 0 spiro atoms. The number of carbonyl (C=O) groups excluding carboxylic acids is 1. The number of alkyl halides is 1. The van der Waals surface area contributed by atoms with E-state index in [2.05, 4.69) is 15.3 Å². The zero-order chi connectivity index (χ0) is 18.7. The zero-order valence-corrected chi connectivity index (χ0v) is 14.9. The summed E-state index contributed by atoms with van der Waals surface area (Å²) in [5, 5.41) is 3.57. The summed E-state index contributed by atoms with van der Waals surface area (Å²) < 4.78 is 25.7. The maximum atomic E-state index is 13.3. The number of nitrogens with one attached hydrogen (secondary N) is 1. The highest BCUT2D eigenvalue weighted by Crippen LogP contribution is 2.29. The third-order valence-corrected chi connectivity index (χ3v) is 4.65. The molecule has 0 aliphatic heterocycles. The number of thioether (sulfide) groups is 1. The summed E-state index contributed by atoms with van der Waals surface area (Å²) in [6.07, 6.45) is 0. The molecule has 1 aromatic heterocycles. The highest BCUT2D eigenvalue weighted by Gasteiger charge is 2.13. The highest BCUT2D eigenvalue weighted by atomic mass is 35.5. The Hall–Kier alpha value is -2.45. The predicted molar refractivity (Wildman–Crippen MR) is 99.4 cm³/mol. The van der Waals surface area contributed by atoms with Crippen molar-refractivity contribution in [3.8, 4) is 0 Å². The Morgan fingerprint density at radius 2 is 2.04 bits per heavy atom. The van der Waals surface area contributed by atoms with Crippen molar-refractivity contribution in [2.75, 3.05) is 17.7 Å². The molecule has 9 heteroatoms. The third kappa shape index (κ3) is 4.03. The van der Waals surface area contributed by atoms with E-state index in [1.165, 1.54) is 30.0 Å². The lowest BCUT2D eigenvalue weighted by atomic mass is 10.2. The van der Waals surface area contributed by atoms with Gasteiger partial charge in [0.15, 0.2) is 0 Å². The SMILES string of the molecule is NC(=O)c1nc(Nc2ccc(F)c(Cl)c2)c2ccc(SCCF)cc2n1. The van der Waals surface area contributed by atoms with Crippen molar-refractivity contribution >= 4 is 51.7 Å². The van der Waals surface area contributed by atoms with E-state index in [0.717, 1.165) is 4.90 Å². The van der Waals surface area contributed by atoms with Crippen molar-refractivity contribution in [2.45, 2.75) is 4.90 Å². The van der Waals surface area contributed by atoms with Gasteiger partial charge >= 0.3 is 0 Å². The molecule has 0 saturated heterocycles. The lowest BCUT2D eigenvalue weighted by Gasteiger charge is -2.11. The Balaban J connectivity index is 2.06. The number of primary amides is 1. The number of amides is 1. The molecule has 3 N–H and O–H groups in total. The van der Waals surface area contributed by atoms with Crippen molar-refractivity contribution in [3.05, 3.63) is 53.1 Å². The number of rotatable bonds is 6. The van der Waals surface area contributed by atoms with E-state index in [0.29, 0.717) is 28.2 Å². The first-order chi connectivity index (χ1) is 12.5. The van der Waals surface area contributed by atoms with Gasteiger partial charge in [0.2, 0.25) is 5.82 Å². The van der Waals surface area contributed by atoms with Gasteiger partial charge in [-0.05, 0) is 36.4 Å². The van der Waals surface area contributed by atoms with Crippen molar-refractivity contribution in [1.82, 2.24) is 9.97 Å². The molecule has 0 unspecified atom stereocenters. The van der Waals surface area contributed by atoms with Crippen LogP contribution in [0.2, 0.25) is 5.02 Å². The second-order valence-corrected chi connectivity index (χ2v) is 6.81. The maximum Gasteiger partial charge on any atom is 0.286 e. The van der Waals surface area contributed by atoms with Gasteiger partial charge in [-0.15, -0.1) is 11.8 Å². The molecule has 1 heterocycles. The molecule has 0 fully saturated rings. The Bertz CT molecular complexity index is 986. The van der Waals surface area contributed by atoms with Crippen LogP contribution in [0.25, 0.3) is 10.9 Å². The molecule has 2 aromatic carbocycles. The third-order valence-electron chi connectivity index (χ3n) is 3.42. The molecule has 3 aromatic rings. The summed E-state index contributed by atoms with van der Waals surface area (Å²) in [5.41, 5.74) is 6.28. The minimum Gasteiger partial charge on any atom is -0.363 e. The van der Waals surface area contributed by atoms with Crippen LogP contribution in [-0.2, 0) is 0 Å². The van der Waals surface area contributed by atoms with Gasteiger partial charge in [0.1, 0.15) is 11.6 Å². The van der Waals surface area contributed by atoms with Crippen LogP contribution in [-0.4, -0.2) is 28.3 Å². The van der Waals surface area contributed by atoms with Crippen LogP contribution in [0.1, 0.15) is 10.6 Å². The number of hydrogen-bond acceptors (Lipinski definition) is 5. The number of halogens is 3. The van der Waals surface area contributed by atoms with E-state index in [9.17, 15) is 13.6 Å². The lowest BCUT2D eigenvalue weighted by Crippen LogP contribution is -2.16. The van der Waals surface area contributed by atoms with Gasteiger partial charge in [-0.3, -0.25) is 9.18 Å². The monoisotopic (exact) mass is 394 g/mol. The molecule has 5 nitrogen and oxygen atoms in total. The average molecular weight is 395 g/mol. The molecule has 1 amide bonds. The number of nitrogens with zero attached hydrogens (tertiary/aromatic N) is 2. The molecule has 134 valence electrons. The van der Waals surface area contributed by atoms with Gasteiger partial charge < -0.3 is 11.1 Å². The number of carbonyl (C=O) groups is 1. The molecule has 26 heavy (non-hydrogen) atoms. The molecule has 0 aliphatic carbocycles. The largest absolute Gasteiger partial charge is 0.363 e. The van der Waals surface area contributed by atoms with Crippen LogP contribution < -0.4 is 11.1 Å². The van der Waals surface area contributed by atoms with Gasteiger partial charge in [-0.1, -0.05) is 11.6 Å². The van der Waals surface area contributed by atoms with Gasteiger partial charge in [0.25, 0.3) is 5.91 Å². The van der Waals surface area contributed by atoms with E-state index in [4.69, 9.17) is 17.3 Å². The standard InChI is InChI=1S/C17H13ClF2N4OS/c18-12-7-9(1-4-13(12)20)22-16-11-3-2-10(26-6-5-19)8-14(11)23-17(24-16)15(21)25/h1-4,7-8H,5-6H2,(H2,21,25)(H,22,23,24). The van der Waals surface area contributed by atoms with E-state index in [1.54, 1.807) is 18.2 Å². The molecule has 0 saturated carbocycles. The van der Waals surface area contributed by atoms with Crippen LogP contribution in [0.5, 0.6) is 0 Å². The van der Waals surface area contributed by atoms with Crippen LogP contribution >= 0.6 is 23.4 Å². The van der Waals surface area contributed by atoms with Crippen LogP contribution in [0.15, 0.2) is 41.3 Å². The summed E-state index contributed by atoms with van der Waals surface area (Å²) in [6.45, 7) is -0.447. The molecular weight excluding hydrogens is 382 g/mol. The Morgan fingerprint density at radius 3 is 2.73 bits per heavy atom. The quantitative estimate of drug-likeness (QED) is 0.608. The topological polar surface area (TPSA) is 80.9 Å². The van der Waals surface area contributed by atoms with E-state index < -0.39 is 18.4 Å². The number of fused-ring (bicyclic) bond motifs is 1. The van der Waals surface area contributed by atoms with Gasteiger partial charge in [0.05, 0.1) is 17.2 Å². The summed E-state index contributed by atoms with van der Waals surface area (Å²) in [6, 6.07) is 9.40. The van der Waals surface area contributed by atoms with Crippen LogP contribution in [0.4, 0.5) is 20.3 Å². The highest BCUT2D eigenvalue weighted by molar-refractivity contribution is 7.99. The minimum atomic E-state index is -0.783. The zero-order valence-electron chi connectivity index (χ0n) is 13.3. The molecule has 3 rings (SSSR count). The lowest BCUT2D eigenvalue weighted by molar-refractivity contribution is 0.0991. The number of hydrogen-bond donors (Lipinski definition) is 2. The maximum absolute atomic E-state index is 13.3. The molecular formula is C17H13ClF2N4OS. The summed E-state index contributed by atoms with van der Waals surface area (Å²) in [7, 11) is 0. The van der Waals surface area contributed by atoms with Crippen molar-refractivity contribution in [3.63, 3.8) is 0 Å². The van der Waals surface area contributed by atoms with E-state index in [1.807, 2.05) is 0 Å². The van der Waals surface area contributed by atoms with Gasteiger partial charge in [0, 0.05) is 21.7 Å². The molecule has 0 bridgehead atoms. The van der Waals surface area contributed by atoms with Crippen molar-refractivity contribution in [1.29, 1.82) is 0 Å². The summed E-state index contributed by atoms with van der Waals surface area (Å²) >= 11 is 7.13. The second-order valence-electron chi connectivity index (χ2n) is 5.23. The van der Waals surface area contributed by atoms with Gasteiger partial charge in [-0.25, -0.2) is 14.4 Å². The number of nitrogens with two attached hydrogens (primary N) is 1. The molecule has 0 aliphatic rings. The normalized spacial score (nSPS) is 10.9. The van der Waals surface area contributed by atoms with Crippen LogP contribution in [0, 0.1) is 5.82 Å². The Morgan fingerprint density at radius 1 is 1.23 bits per heavy atom. The fourth-order valence-electron chi connectivity index (χ4n) is 2.27. The van der Waals surface area contributed by atoms with Crippen LogP contribution in [0.3, 0.4) is 0 Å². The number of aromatic nitrogens is 2. The average Bonchev–Trinajstić information content (AvgIpc) is 2.62. The first kappa shape index (κ1) is 18.3. The summed E-state index contributed by atoms with van der Waals surface area (Å²) in [5.74, 6) is -0.848. The van der Waals surface area contributed by atoms with Crippen molar-refractivity contribution in [2.24, 2.45) is 5.73 Å². The predicted octanol–water partition coefficient (Wildman–Crippen LogP) is 4.33. The minimum absolute atomic E-state index is 0.0478. The number of benzene rings is 2. The molecule has 0 atom stereocenters. The summed E-state index contributed by atoms with van der Waals surface area (Å²) in [4.78, 5) is 20.7. The van der Waals surface area contributed by atoms with Gasteiger partial charge in [-0.2, -0.15) is 0 Å². The number of anilines is 2. The van der Waals surface area contributed by atoms with E-state index in [-0.39, 0.29) is 10.8 Å². The Labute approximate surface area is 157 Å². The first-order valence-electron chi connectivity index (χ1n) is 7.50. The fraction of sp³-hybridized carbons (Fsp3) is 0.118. The fourth-order valence-corrected chi connectivity index (χ4v) is 3.12. The smallest absolute Gasteiger partial charge is 0.286 e. The Kier molecular flexibility index (Phi) is 5.53. The van der Waals surface area contributed by atoms with E-state index >= 15 is 0 Å². The first-order valence-corrected chi connectivity index (χ1v) is 8.86.